The van der Waals surface area contributed by atoms with Gasteiger partial charge in [0.15, 0.2) is 0 Å². The molecule has 0 saturated carbocycles. The van der Waals surface area contributed by atoms with Crippen molar-refractivity contribution in [2.75, 3.05) is 5.32 Å². The van der Waals surface area contributed by atoms with Crippen molar-refractivity contribution < 1.29 is 9.59 Å². The molecule has 2 amide bonds. The Bertz CT molecular complexity index is 1200. The van der Waals surface area contributed by atoms with E-state index in [4.69, 9.17) is 0 Å². The minimum atomic E-state index is -0.181. The van der Waals surface area contributed by atoms with Crippen molar-refractivity contribution in [1.29, 1.82) is 0 Å². The first kappa shape index (κ1) is 20.4. The molecule has 0 heterocycles. The largest absolute Gasteiger partial charge is 0.349 e. The molecule has 4 heteroatoms. The summed E-state index contributed by atoms with van der Waals surface area (Å²) in [6, 6.07) is 30.6. The first-order valence-corrected chi connectivity index (χ1v) is 10.3. The van der Waals surface area contributed by atoms with Gasteiger partial charge in [-0.1, -0.05) is 60.7 Å². The molecule has 2 N–H and O–H groups in total. The lowest BCUT2D eigenvalue weighted by molar-refractivity contribution is 0.0939. The number of benzene rings is 4. The molecular weight excluding hydrogens is 384 g/mol. The van der Waals surface area contributed by atoms with Gasteiger partial charge < -0.3 is 10.6 Å². The summed E-state index contributed by atoms with van der Waals surface area (Å²) < 4.78 is 0. The van der Waals surface area contributed by atoms with E-state index in [1.165, 1.54) is 5.56 Å². The summed E-state index contributed by atoms with van der Waals surface area (Å²) in [5.41, 5.74) is 2.98. The Morgan fingerprint density at radius 3 is 2.10 bits per heavy atom. The van der Waals surface area contributed by atoms with Gasteiger partial charge in [-0.15, -0.1) is 0 Å². The molecule has 0 radical (unpaired) electrons. The van der Waals surface area contributed by atoms with E-state index in [0.29, 0.717) is 16.8 Å². The van der Waals surface area contributed by atoms with Crippen molar-refractivity contribution in [2.24, 2.45) is 0 Å². The lowest BCUT2D eigenvalue weighted by Crippen LogP contribution is -2.34. The highest BCUT2D eigenvalue weighted by Crippen LogP contribution is 2.17. The Morgan fingerprint density at radius 2 is 1.35 bits per heavy atom. The third-order valence-electron chi connectivity index (χ3n) is 5.18. The quantitative estimate of drug-likeness (QED) is 0.445. The molecule has 0 saturated heterocycles. The molecule has 0 aliphatic rings. The highest BCUT2D eigenvalue weighted by molar-refractivity contribution is 6.06. The molecule has 4 nitrogen and oxygen atoms in total. The number of rotatable bonds is 6. The van der Waals surface area contributed by atoms with Gasteiger partial charge in [0.2, 0.25) is 0 Å². The predicted molar refractivity (Wildman–Crippen MR) is 125 cm³/mol. The van der Waals surface area contributed by atoms with Crippen LogP contribution in [0.15, 0.2) is 97.1 Å². The second-order valence-corrected chi connectivity index (χ2v) is 7.66. The summed E-state index contributed by atoms with van der Waals surface area (Å²) in [5, 5.41) is 8.03. The molecule has 0 aliphatic carbocycles. The van der Waals surface area contributed by atoms with E-state index >= 15 is 0 Å². The molecule has 154 valence electrons. The normalized spacial score (nSPS) is 11.6. The van der Waals surface area contributed by atoms with Crippen molar-refractivity contribution in [1.82, 2.24) is 5.32 Å². The zero-order valence-corrected chi connectivity index (χ0v) is 17.3. The van der Waals surface area contributed by atoms with Gasteiger partial charge in [-0.05, 0) is 66.1 Å². The van der Waals surface area contributed by atoms with Crippen LogP contribution in [-0.4, -0.2) is 17.9 Å². The minimum Gasteiger partial charge on any atom is -0.349 e. The van der Waals surface area contributed by atoms with Gasteiger partial charge in [-0.2, -0.15) is 0 Å². The number of carbonyl (C=O) groups excluding carboxylic acids is 2. The number of nitrogens with one attached hydrogen (secondary N) is 2. The van der Waals surface area contributed by atoms with E-state index in [0.717, 1.165) is 17.2 Å². The van der Waals surface area contributed by atoms with Crippen LogP contribution in [0, 0.1) is 0 Å². The van der Waals surface area contributed by atoms with Gasteiger partial charge in [0, 0.05) is 22.9 Å². The van der Waals surface area contributed by atoms with Crippen LogP contribution >= 0.6 is 0 Å². The molecule has 0 aliphatic heterocycles. The number of hydrogen-bond donors (Lipinski definition) is 2. The molecule has 1 atom stereocenters. The number of hydrogen-bond acceptors (Lipinski definition) is 2. The number of anilines is 1. The lowest BCUT2D eigenvalue weighted by Gasteiger charge is -2.14. The van der Waals surface area contributed by atoms with Crippen LogP contribution in [0.25, 0.3) is 10.8 Å². The predicted octanol–water partition coefficient (Wildman–Crippen LogP) is 5.45. The molecule has 31 heavy (non-hydrogen) atoms. The van der Waals surface area contributed by atoms with E-state index in [1.807, 2.05) is 67.6 Å². The molecule has 4 aromatic rings. The first-order chi connectivity index (χ1) is 15.1. The zero-order valence-electron chi connectivity index (χ0n) is 17.3. The van der Waals surface area contributed by atoms with Gasteiger partial charge in [0.25, 0.3) is 11.8 Å². The number of carbonyl (C=O) groups is 2. The summed E-state index contributed by atoms with van der Waals surface area (Å²) in [5.74, 6) is -0.310. The maximum atomic E-state index is 12.6. The Kier molecular flexibility index (Phi) is 6.08. The highest BCUT2D eigenvalue weighted by atomic mass is 16.2. The molecule has 0 fully saturated rings. The summed E-state index contributed by atoms with van der Waals surface area (Å²) in [6.45, 7) is 1.99. The molecule has 4 aromatic carbocycles. The number of amides is 2. The van der Waals surface area contributed by atoms with Gasteiger partial charge >= 0.3 is 0 Å². The SMILES string of the molecule is C[C@H](Cc1ccccc1)NC(=O)c1ccc(NC(=O)c2ccc3ccccc3c2)cc1. The van der Waals surface area contributed by atoms with Crippen molar-refractivity contribution in [3.63, 3.8) is 0 Å². The Hall–Kier alpha value is -3.92. The fraction of sp³-hybridized carbons (Fsp3) is 0.111. The summed E-state index contributed by atoms with van der Waals surface area (Å²) in [4.78, 5) is 25.1. The van der Waals surface area contributed by atoms with Gasteiger partial charge in [-0.3, -0.25) is 9.59 Å². The molecule has 0 bridgehead atoms. The van der Waals surface area contributed by atoms with Gasteiger partial charge in [0.05, 0.1) is 0 Å². The second kappa shape index (κ2) is 9.26. The van der Waals surface area contributed by atoms with E-state index in [9.17, 15) is 9.59 Å². The van der Waals surface area contributed by atoms with Crippen LogP contribution in [-0.2, 0) is 6.42 Å². The molecule has 0 spiro atoms. The van der Waals surface area contributed by atoms with Gasteiger partial charge in [-0.25, -0.2) is 0 Å². The first-order valence-electron chi connectivity index (χ1n) is 10.3. The summed E-state index contributed by atoms with van der Waals surface area (Å²) in [7, 11) is 0. The van der Waals surface area contributed by atoms with E-state index in [-0.39, 0.29) is 17.9 Å². The smallest absolute Gasteiger partial charge is 0.255 e. The zero-order chi connectivity index (χ0) is 21.6. The maximum Gasteiger partial charge on any atom is 0.255 e. The van der Waals surface area contributed by atoms with Crippen LogP contribution < -0.4 is 10.6 Å². The average molecular weight is 409 g/mol. The Labute approximate surface area is 181 Å². The van der Waals surface area contributed by atoms with Crippen LogP contribution in [0.2, 0.25) is 0 Å². The van der Waals surface area contributed by atoms with Crippen molar-refractivity contribution >= 4 is 28.3 Å². The summed E-state index contributed by atoms with van der Waals surface area (Å²) in [6.07, 6.45) is 0.770. The van der Waals surface area contributed by atoms with Crippen LogP contribution in [0.1, 0.15) is 33.2 Å². The number of fused-ring (bicyclic) bond motifs is 1. The lowest BCUT2D eigenvalue weighted by atomic mass is 10.1. The molecule has 0 unspecified atom stereocenters. The Morgan fingerprint density at radius 1 is 0.710 bits per heavy atom. The van der Waals surface area contributed by atoms with Gasteiger partial charge in [0.1, 0.15) is 0 Å². The van der Waals surface area contributed by atoms with Crippen molar-refractivity contribution in [3.8, 4) is 0 Å². The molecule has 0 aromatic heterocycles. The Balaban J connectivity index is 1.36. The van der Waals surface area contributed by atoms with Crippen molar-refractivity contribution in [3.05, 3.63) is 114 Å². The van der Waals surface area contributed by atoms with Crippen molar-refractivity contribution in [2.45, 2.75) is 19.4 Å². The molecular formula is C27H24N2O2. The second-order valence-electron chi connectivity index (χ2n) is 7.66. The van der Waals surface area contributed by atoms with E-state index in [2.05, 4.69) is 22.8 Å². The summed E-state index contributed by atoms with van der Waals surface area (Å²) >= 11 is 0. The average Bonchev–Trinajstić information content (AvgIpc) is 2.79. The standard InChI is InChI=1S/C27H24N2O2/c1-19(17-20-7-3-2-4-8-20)28-26(30)22-13-15-25(16-14-22)29-27(31)24-12-11-21-9-5-6-10-23(21)18-24/h2-16,18-19H,17H2,1H3,(H,28,30)(H,29,31)/t19-/m1/s1. The highest BCUT2D eigenvalue weighted by Gasteiger charge is 2.11. The topological polar surface area (TPSA) is 58.2 Å². The fourth-order valence-electron chi connectivity index (χ4n) is 3.56. The monoisotopic (exact) mass is 408 g/mol. The minimum absolute atomic E-state index is 0.0159. The fourth-order valence-corrected chi connectivity index (χ4v) is 3.56. The van der Waals surface area contributed by atoms with Crippen LogP contribution in [0.5, 0.6) is 0 Å². The third-order valence-corrected chi connectivity index (χ3v) is 5.18. The van der Waals surface area contributed by atoms with Crippen LogP contribution in [0.4, 0.5) is 5.69 Å². The third kappa shape index (κ3) is 5.17. The van der Waals surface area contributed by atoms with Crippen LogP contribution in [0.3, 0.4) is 0 Å². The van der Waals surface area contributed by atoms with E-state index < -0.39 is 0 Å². The van der Waals surface area contributed by atoms with E-state index in [1.54, 1.807) is 24.3 Å². The molecule has 4 rings (SSSR count). The maximum absolute atomic E-state index is 12.6.